The molecule has 4 rings (SSSR count). The Balaban J connectivity index is 1.68. The van der Waals surface area contributed by atoms with Gasteiger partial charge in [0.2, 0.25) is 0 Å². The molecule has 0 saturated heterocycles. The third kappa shape index (κ3) is 4.26. The lowest BCUT2D eigenvalue weighted by Crippen LogP contribution is -2.25. The van der Waals surface area contributed by atoms with Crippen molar-refractivity contribution in [2.75, 3.05) is 23.3 Å². The molecule has 0 radical (unpaired) electrons. The third-order valence-corrected chi connectivity index (χ3v) is 6.86. The number of carbonyl (C=O) groups is 1. The molecule has 172 valence electrons. The zero-order chi connectivity index (χ0) is 23.9. The number of anilines is 2. The van der Waals surface area contributed by atoms with Crippen LogP contribution >= 0.6 is 0 Å². The van der Waals surface area contributed by atoms with Crippen LogP contribution in [0.25, 0.3) is 0 Å². The number of sulfonamides is 1. The van der Waals surface area contributed by atoms with Crippen LogP contribution in [0, 0.1) is 20.8 Å². The molecular formula is C25H26N2O5S. The van der Waals surface area contributed by atoms with E-state index in [2.05, 4.69) is 4.72 Å². The Labute approximate surface area is 194 Å². The molecule has 1 aliphatic heterocycles. The van der Waals surface area contributed by atoms with Gasteiger partial charge in [0.25, 0.3) is 15.9 Å². The molecule has 0 unspecified atom stereocenters. The lowest BCUT2D eigenvalue weighted by atomic mass is 10.1. The zero-order valence-corrected chi connectivity index (χ0v) is 20.0. The van der Waals surface area contributed by atoms with Crippen molar-refractivity contribution in [1.29, 1.82) is 0 Å². The van der Waals surface area contributed by atoms with Crippen LogP contribution in [0.5, 0.6) is 17.2 Å². The molecule has 0 fully saturated rings. The second-order valence-electron chi connectivity index (χ2n) is 8.07. The van der Waals surface area contributed by atoms with E-state index in [0.717, 1.165) is 16.7 Å². The minimum atomic E-state index is -3.89. The molecule has 0 atom stereocenters. The van der Waals surface area contributed by atoms with Gasteiger partial charge in [-0.15, -0.1) is 0 Å². The van der Waals surface area contributed by atoms with Gasteiger partial charge in [0.1, 0.15) is 11.5 Å². The largest absolute Gasteiger partial charge is 0.493 e. The molecule has 1 heterocycles. The molecule has 8 heteroatoms. The monoisotopic (exact) mass is 466 g/mol. The van der Waals surface area contributed by atoms with Crippen LogP contribution in [0.2, 0.25) is 0 Å². The summed E-state index contributed by atoms with van der Waals surface area (Å²) in [6, 6.07) is 13.4. The van der Waals surface area contributed by atoms with Gasteiger partial charge in [-0.2, -0.15) is 0 Å². The molecule has 3 aromatic rings. The smallest absolute Gasteiger partial charge is 0.261 e. The first-order valence-electron chi connectivity index (χ1n) is 10.6. The molecule has 0 aromatic heterocycles. The number of amides is 1. The highest BCUT2D eigenvalue weighted by Gasteiger charge is 2.27. The van der Waals surface area contributed by atoms with Crippen LogP contribution in [0.15, 0.2) is 53.4 Å². The molecule has 0 bridgehead atoms. The van der Waals surface area contributed by atoms with Crippen molar-refractivity contribution in [1.82, 2.24) is 0 Å². The summed E-state index contributed by atoms with van der Waals surface area (Å²) < 4.78 is 40.4. The Hall–Kier alpha value is -3.52. The van der Waals surface area contributed by atoms with E-state index in [-0.39, 0.29) is 22.1 Å². The number of rotatable bonds is 5. The van der Waals surface area contributed by atoms with E-state index < -0.39 is 10.0 Å². The second-order valence-corrected chi connectivity index (χ2v) is 9.76. The highest BCUT2D eigenvalue weighted by molar-refractivity contribution is 7.92. The summed E-state index contributed by atoms with van der Waals surface area (Å²) in [6.45, 7) is 7.93. The van der Waals surface area contributed by atoms with E-state index >= 15 is 0 Å². The van der Waals surface area contributed by atoms with Gasteiger partial charge in [-0.1, -0.05) is 6.07 Å². The second kappa shape index (κ2) is 8.44. The van der Waals surface area contributed by atoms with Crippen LogP contribution in [-0.2, 0) is 10.0 Å². The van der Waals surface area contributed by atoms with Crippen LogP contribution in [-0.4, -0.2) is 28.0 Å². The summed E-state index contributed by atoms with van der Waals surface area (Å²) in [6.07, 6.45) is 0. The Kier molecular flexibility index (Phi) is 5.80. The van der Waals surface area contributed by atoms with Gasteiger partial charge in [-0.3, -0.25) is 9.52 Å². The number of hydrogen-bond acceptors (Lipinski definition) is 5. The lowest BCUT2D eigenvalue weighted by molar-refractivity contribution is 0.0993. The summed E-state index contributed by atoms with van der Waals surface area (Å²) in [5.74, 6) is 1.32. The maximum Gasteiger partial charge on any atom is 0.261 e. The highest BCUT2D eigenvalue weighted by Crippen LogP contribution is 2.40. The van der Waals surface area contributed by atoms with Crippen LogP contribution in [0.3, 0.4) is 0 Å². The molecule has 0 saturated carbocycles. The predicted molar refractivity (Wildman–Crippen MR) is 128 cm³/mol. The number of nitrogens with zero attached hydrogens (tertiary/aromatic N) is 1. The van der Waals surface area contributed by atoms with Crippen molar-refractivity contribution < 1.29 is 22.7 Å². The number of fused-ring (bicyclic) bond motifs is 2. The number of aryl methyl sites for hydroxylation is 3. The van der Waals surface area contributed by atoms with Gasteiger partial charge in [0.05, 0.1) is 22.8 Å². The fourth-order valence-electron chi connectivity index (χ4n) is 3.89. The maximum absolute atomic E-state index is 13.1. The van der Waals surface area contributed by atoms with Crippen molar-refractivity contribution >= 4 is 27.3 Å². The SMILES string of the molecule is CCOc1c(C)cc(S(=O)(=O)Nc2ccc3c(c2)C(=O)N(C)c2cc(C)ccc2O3)cc1C. The van der Waals surface area contributed by atoms with Crippen molar-refractivity contribution in [3.63, 3.8) is 0 Å². The van der Waals surface area contributed by atoms with Crippen molar-refractivity contribution in [2.45, 2.75) is 32.6 Å². The first-order valence-corrected chi connectivity index (χ1v) is 12.1. The normalized spacial score (nSPS) is 13.0. The Morgan fingerprint density at radius 1 is 0.970 bits per heavy atom. The molecule has 0 aliphatic carbocycles. The van der Waals surface area contributed by atoms with Crippen molar-refractivity contribution in [2.24, 2.45) is 0 Å². The number of carbonyl (C=O) groups excluding carboxylic acids is 1. The molecule has 0 spiro atoms. The van der Waals surface area contributed by atoms with E-state index in [0.29, 0.717) is 29.5 Å². The molecule has 1 aliphatic rings. The van der Waals surface area contributed by atoms with Crippen LogP contribution in [0.1, 0.15) is 34.0 Å². The van der Waals surface area contributed by atoms with E-state index in [1.165, 1.54) is 11.0 Å². The Bertz CT molecular complexity index is 1340. The summed E-state index contributed by atoms with van der Waals surface area (Å²) in [7, 11) is -2.22. The van der Waals surface area contributed by atoms with Gasteiger partial charge in [-0.05, 0) is 86.8 Å². The third-order valence-electron chi connectivity index (χ3n) is 5.50. The first kappa shape index (κ1) is 22.7. The topological polar surface area (TPSA) is 84.9 Å². The maximum atomic E-state index is 13.1. The summed E-state index contributed by atoms with van der Waals surface area (Å²) in [4.78, 5) is 14.8. The molecule has 1 amide bonds. The van der Waals surface area contributed by atoms with Gasteiger partial charge in [0.15, 0.2) is 5.75 Å². The fraction of sp³-hybridized carbons (Fsp3) is 0.240. The molecule has 3 aromatic carbocycles. The van der Waals surface area contributed by atoms with Gasteiger partial charge in [0, 0.05) is 12.7 Å². The molecule has 7 nitrogen and oxygen atoms in total. The minimum Gasteiger partial charge on any atom is -0.493 e. The molecule has 1 N–H and O–H groups in total. The lowest BCUT2D eigenvalue weighted by Gasteiger charge is -2.17. The first-order chi connectivity index (χ1) is 15.6. The Morgan fingerprint density at radius 3 is 2.30 bits per heavy atom. The average molecular weight is 467 g/mol. The number of ether oxygens (including phenoxy) is 2. The average Bonchev–Trinajstić information content (AvgIpc) is 2.86. The number of hydrogen-bond donors (Lipinski definition) is 1. The van der Waals surface area contributed by atoms with E-state index in [1.54, 1.807) is 31.3 Å². The summed E-state index contributed by atoms with van der Waals surface area (Å²) in [5.41, 5.74) is 3.65. The number of nitrogens with one attached hydrogen (secondary N) is 1. The standard InChI is InChI=1S/C25H26N2O5S/c1-6-31-24-16(3)12-19(13-17(24)4)33(29,30)26-18-8-10-22-20(14-18)25(28)27(5)21-11-15(2)7-9-23(21)32-22/h7-14,26H,6H2,1-5H3. The number of benzene rings is 3. The van der Waals surface area contributed by atoms with Gasteiger partial charge in [-0.25, -0.2) is 8.42 Å². The molecule has 33 heavy (non-hydrogen) atoms. The van der Waals surface area contributed by atoms with Crippen molar-refractivity contribution in [3.8, 4) is 17.2 Å². The predicted octanol–water partition coefficient (Wildman–Crippen LogP) is 5.19. The highest BCUT2D eigenvalue weighted by atomic mass is 32.2. The zero-order valence-electron chi connectivity index (χ0n) is 19.2. The van der Waals surface area contributed by atoms with Crippen molar-refractivity contribution in [3.05, 3.63) is 70.8 Å². The van der Waals surface area contributed by atoms with Gasteiger partial charge >= 0.3 is 0 Å². The fourth-order valence-corrected chi connectivity index (χ4v) is 5.10. The van der Waals surface area contributed by atoms with Crippen LogP contribution < -0.4 is 19.1 Å². The quantitative estimate of drug-likeness (QED) is 0.559. The minimum absolute atomic E-state index is 0.124. The van der Waals surface area contributed by atoms with E-state index in [9.17, 15) is 13.2 Å². The van der Waals surface area contributed by atoms with E-state index in [1.807, 2.05) is 45.9 Å². The summed E-state index contributed by atoms with van der Waals surface area (Å²) in [5, 5.41) is 0. The molecular weight excluding hydrogens is 440 g/mol. The Morgan fingerprint density at radius 2 is 1.64 bits per heavy atom. The van der Waals surface area contributed by atoms with Crippen LogP contribution in [0.4, 0.5) is 11.4 Å². The summed E-state index contributed by atoms with van der Waals surface area (Å²) >= 11 is 0. The van der Waals surface area contributed by atoms with Gasteiger partial charge < -0.3 is 14.4 Å². The van der Waals surface area contributed by atoms with E-state index in [4.69, 9.17) is 9.47 Å².